The molecular formula is C13H16N6O2. The maximum Gasteiger partial charge on any atom is 0.410 e. The molecule has 2 aromatic heterocycles. The predicted octanol–water partition coefficient (Wildman–Crippen LogP) is 0.774. The molecule has 1 unspecified atom stereocenters. The number of amides is 1. The zero-order valence-electron chi connectivity index (χ0n) is 11.7. The minimum atomic E-state index is -0.257. The molecule has 0 bridgehead atoms. The van der Waals surface area contributed by atoms with E-state index in [1.54, 1.807) is 6.33 Å². The number of cyclic esters (lactones) is 1. The van der Waals surface area contributed by atoms with Crippen molar-refractivity contribution in [3.63, 3.8) is 0 Å². The van der Waals surface area contributed by atoms with Crippen LogP contribution in [0.25, 0.3) is 11.2 Å². The van der Waals surface area contributed by atoms with Gasteiger partial charge in [0.2, 0.25) is 0 Å². The first-order valence-electron chi connectivity index (χ1n) is 7.07. The number of nitrogens with zero attached hydrogens (tertiary/aromatic N) is 5. The fourth-order valence-electron chi connectivity index (χ4n) is 3.24. The van der Waals surface area contributed by atoms with Gasteiger partial charge < -0.3 is 14.6 Å². The highest BCUT2D eigenvalue weighted by atomic mass is 16.6. The molecule has 0 radical (unpaired) electrons. The van der Waals surface area contributed by atoms with E-state index in [-0.39, 0.29) is 11.6 Å². The zero-order valence-corrected chi connectivity index (χ0v) is 11.7. The summed E-state index contributed by atoms with van der Waals surface area (Å²) in [6.45, 7) is 4.61. The summed E-state index contributed by atoms with van der Waals surface area (Å²) in [6, 6.07) is 0. The van der Waals surface area contributed by atoms with E-state index in [1.165, 1.54) is 6.33 Å². The van der Waals surface area contributed by atoms with Crippen LogP contribution in [0.1, 0.15) is 13.3 Å². The molecule has 1 atom stereocenters. The molecule has 0 spiro atoms. The molecule has 0 aromatic carbocycles. The number of ether oxygens (including phenoxy) is 1. The van der Waals surface area contributed by atoms with Gasteiger partial charge in [0.05, 0.1) is 11.9 Å². The van der Waals surface area contributed by atoms with Gasteiger partial charge in [-0.15, -0.1) is 0 Å². The van der Waals surface area contributed by atoms with Crippen LogP contribution in [0.2, 0.25) is 0 Å². The summed E-state index contributed by atoms with van der Waals surface area (Å²) in [6.07, 6.45) is 3.80. The quantitative estimate of drug-likeness (QED) is 0.878. The second-order valence-electron chi connectivity index (χ2n) is 5.50. The average Bonchev–Trinajstić information content (AvgIpc) is 3.12. The molecule has 0 saturated carbocycles. The largest absolute Gasteiger partial charge is 0.447 e. The van der Waals surface area contributed by atoms with Crippen LogP contribution in [0.5, 0.6) is 0 Å². The Morgan fingerprint density at radius 3 is 3.14 bits per heavy atom. The number of rotatable bonds is 2. The number of hydrogen-bond donors (Lipinski definition) is 1. The maximum absolute atomic E-state index is 11.8. The van der Waals surface area contributed by atoms with Gasteiger partial charge in [-0.05, 0) is 6.42 Å². The Morgan fingerprint density at radius 2 is 2.29 bits per heavy atom. The Labute approximate surface area is 121 Å². The number of piperazine rings is 1. The highest BCUT2D eigenvalue weighted by Crippen LogP contribution is 2.34. The van der Waals surface area contributed by atoms with Gasteiger partial charge in [0.1, 0.15) is 18.5 Å². The number of hydrogen-bond acceptors (Lipinski definition) is 6. The summed E-state index contributed by atoms with van der Waals surface area (Å²) >= 11 is 0. The Hall–Kier alpha value is -2.38. The summed E-state index contributed by atoms with van der Waals surface area (Å²) in [5.41, 5.74) is 1.24. The number of imidazole rings is 1. The lowest BCUT2D eigenvalue weighted by molar-refractivity contribution is 0.137. The molecular weight excluding hydrogens is 272 g/mol. The van der Waals surface area contributed by atoms with Gasteiger partial charge in [-0.2, -0.15) is 0 Å². The number of carbonyl (C=O) groups is 1. The monoisotopic (exact) mass is 288 g/mol. The van der Waals surface area contributed by atoms with Crippen molar-refractivity contribution in [2.75, 3.05) is 31.1 Å². The molecule has 2 aliphatic heterocycles. The second-order valence-corrected chi connectivity index (χ2v) is 5.50. The van der Waals surface area contributed by atoms with Crippen molar-refractivity contribution in [2.24, 2.45) is 0 Å². The van der Waals surface area contributed by atoms with E-state index >= 15 is 0 Å². The molecule has 110 valence electrons. The van der Waals surface area contributed by atoms with E-state index in [1.807, 2.05) is 4.90 Å². The molecule has 1 amide bonds. The van der Waals surface area contributed by atoms with Gasteiger partial charge in [-0.3, -0.25) is 4.90 Å². The first-order valence-corrected chi connectivity index (χ1v) is 7.07. The normalized spacial score (nSPS) is 25.3. The molecule has 4 rings (SSSR count). The van der Waals surface area contributed by atoms with Crippen LogP contribution in [0.4, 0.5) is 10.6 Å². The Kier molecular flexibility index (Phi) is 2.54. The summed E-state index contributed by atoms with van der Waals surface area (Å²) in [7, 11) is 0. The van der Waals surface area contributed by atoms with Crippen LogP contribution in [-0.2, 0) is 4.74 Å². The van der Waals surface area contributed by atoms with Gasteiger partial charge in [0.25, 0.3) is 0 Å². The van der Waals surface area contributed by atoms with E-state index in [0.717, 1.165) is 24.3 Å². The summed E-state index contributed by atoms with van der Waals surface area (Å²) in [4.78, 5) is 31.7. The first-order chi connectivity index (χ1) is 10.2. The van der Waals surface area contributed by atoms with Crippen molar-refractivity contribution >= 4 is 23.1 Å². The van der Waals surface area contributed by atoms with Crippen molar-refractivity contribution in [3.8, 4) is 0 Å². The third kappa shape index (κ3) is 1.68. The van der Waals surface area contributed by atoms with Crippen molar-refractivity contribution in [3.05, 3.63) is 12.7 Å². The molecule has 4 heterocycles. The van der Waals surface area contributed by atoms with E-state index in [4.69, 9.17) is 4.74 Å². The van der Waals surface area contributed by atoms with Crippen LogP contribution in [0.15, 0.2) is 12.7 Å². The third-order valence-corrected chi connectivity index (χ3v) is 4.50. The van der Waals surface area contributed by atoms with Crippen LogP contribution in [-0.4, -0.2) is 62.7 Å². The SMILES string of the molecule is CCC12COC(=O)N1CCN(c1ncnc3nc[nH]c13)C2. The number of fused-ring (bicyclic) bond motifs is 2. The van der Waals surface area contributed by atoms with E-state index in [9.17, 15) is 4.79 Å². The Morgan fingerprint density at radius 1 is 1.38 bits per heavy atom. The van der Waals surface area contributed by atoms with Gasteiger partial charge in [0.15, 0.2) is 11.5 Å². The summed E-state index contributed by atoms with van der Waals surface area (Å²) < 4.78 is 5.26. The molecule has 2 aliphatic rings. The average molecular weight is 288 g/mol. The Balaban J connectivity index is 1.71. The van der Waals surface area contributed by atoms with Crippen LogP contribution in [0.3, 0.4) is 0 Å². The van der Waals surface area contributed by atoms with E-state index in [0.29, 0.717) is 25.3 Å². The van der Waals surface area contributed by atoms with Crippen molar-refractivity contribution in [1.29, 1.82) is 0 Å². The number of carbonyl (C=O) groups excluding carboxylic acids is 1. The lowest BCUT2D eigenvalue weighted by Gasteiger charge is -2.44. The van der Waals surface area contributed by atoms with E-state index < -0.39 is 0 Å². The Bertz CT molecular complexity index is 701. The highest BCUT2D eigenvalue weighted by Gasteiger charge is 2.49. The molecule has 2 fully saturated rings. The van der Waals surface area contributed by atoms with Gasteiger partial charge >= 0.3 is 6.09 Å². The second kappa shape index (κ2) is 4.31. The molecule has 2 aromatic rings. The minimum absolute atomic E-state index is 0.203. The lowest BCUT2D eigenvalue weighted by atomic mass is 9.93. The fourth-order valence-corrected chi connectivity index (χ4v) is 3.24. The number of anilines is 1. The predicted molar refractivity (Wildman–Crippen MR) is 75.0 cm³/mol. The molecule has 8 nitrogen and oxygen atoms in total. The number of aromatic nitrogens is 4. The van der Waals surface area contributed by atoms with Crippen molar-refractivity contribution < 1.29 is 9.53 Å². The molecule has 0 aliphatic carbocycles. The molecule has 21 heavy (non-hydrogen) atoms. The molecule has 1 N–H and O–H groups in total. The number of nitrogens with one attached hydrogen (secondary N) is 1. The first kappa shape index (κ1) is 12.4. The standard InChI is InChI=1S/C13H16N6O2/c1-2-13-5-18(3-4-19(13)12(20)21-6-13)11-9-10(15-7-14-9)16-8-17-11/h7-8H,2-6H2,1H3,(H,14,15,16,17). The smallest absolute Gasteiger partial charge is 0.410 e. The topological polar surface area (TPSA) is 87.2 Å². The van der Waals surface area contributed by atoms with Gasteiger partial charge in [0, 0.05) is 19.6 Å². The lowest BCUT2D eigenvalue weighted by Crippen LogP contribution is -2.61. The van der Waals surface area contributed by atoms with E-state index in [2.05, 4.69) is 31.8 Å². The maximum atomic E-state index is 11.8. The summed E-state index contributed by atoms with van der Waals surface area (Å²) in [5, 5.41) is 0. The number of aromatic amines is 1. The van der Waals surface area contributed by atoms with Crippen molar-refractivity contribution in [2.45, 2.75) is 18.9 Å². The molecule has 2 saturated heterocycles. The zero-order chi connectivity index (χ0) is 14.4. The molecule has 8 heteroatoms. The highest BCUT2D eigenvalue weighted by molar-refractivity contribution is 5.83. The van der Waals surface area contributed by atoms with Crippen LogP contribution >= 0.6 is 0 Å². The minimum Gasteiger partial charge on any atom is -0.447 e. The third-order valence-electron chi connectivity index (χ3n) is 4.50. The van der Waals surface area contributed by atoms with Gasteiger partial charge in [-0.25, -0.2) is 19.7 Å². The fraction of sp³-hybridized carbons (Fsp3) is 0.538. The summed E-state index contributed by atoms with van der Waals surface area (Å²) in [5.74, 6) is 0.837. The van der Waals surface area contributed by atoms with Gasteiger partial charge in [-0.1, -0.05) is 6.92 Å². The van der Waals surface area contributed by atoms with Crippen LogP contribution in [0, 0.1) is 0 Å². The van der Waals surface area contributed by atoms with Crippen LogP contribution < -0.4 is 4.90 Å². The van der Waals surface area contributed by atoms with Crippen molar-refractivity contribution in [1.82, 2.24) is 24.8 Å². The number of H-pyrrole nitrogens is 1.